The summed E-state index contributed by atoms with van der Waals surface area (Å²) < 4.78 is 27.1. The molecule has 0 saturated carbocycles. The van der Waals surface area contributed by atoms with Crippen LogP contribution in [-0.4, -0.2) is 48.1 Å². The minimum absolute atomic E-state index is 0.318. The molecule has 0 unspecified atom stereocenters. The molecule has 1 N–H and O–H groups in total. The van der Waals surface area contributed by atoms with Gasteiger partial charge in [-0.3, -0.25) is 4.90 Å². The first kappa shape index (κ1) is 17.5. The third-order valence-electron chi connectivity index (χ3n) is 4.45. The first-order valence-corrected chi connectivity index (χ1v) is 8.43. The molecule has 1 aromatic carbocycles. The molecule has 1 aromatic heterocycles. The van der Waals surface area contributed by atoms with Gasteiger partial charge in [0.25, 0.3) is 0 Å². The molecule has 5 nitrogen and oxygen atoms in total. The number of hydrogen-bond acceptors (Lipinski definition) is 5. The molecule has 0 bridgehead atoms. The number of piperidine rings is 1. The Morgan fingerprint density at radius 2 is 1.92 bits per heavy atom. The van der Waals surface area contributed by atoms with E-state index in [1.54, 1.807) is 6.33 Å². The van der Waals surface area contributed by atoms with Gasteiger partial charge in [0.2, 0.25) is 0 Å². The van der Waals surface area contributed by atoms with Crippen molar-refractivity contribution in [2.75, 3.05) is 37.4 Å². The van der Waals surface area contributed by atoms with Crippen molar-refractivity contribution < 1.29 is 8.78 Å². The van der Waals surface area contributed by atoms with Crippen LogP contribution in [0.25, 0.3) is 0 Å². The minimum atomic E-state index is -0.395. The highest BCUT2D eigenvalue weighted by atomic mass is 19.1. The Labute approximate surface area is 146 Å². The van der Waals surface area contributed by atoms with Crippen molar-refractivity contribution in [2.45, 2.75) is 25.4 Å². The number of hydrogen-bond donors (Lipinski definition) is 1. The van der Waals surface area contributed by atoms with Crippen molar-refractivity contribution in [2.24, 2.45) is 0 Å². The number of rotatable bonds is 5. The molecule has 0 atom stereocenters. The monoisotopic (exact) mass is 347 g/mol. The fraction of sp³-hybridized carbons (Fsp3) is 0.444. The second-order valence-corrected chi connectivity index (χ2v) is 6.59. The van der Waals surface area contributed by atoms with Crippen molar-refractivity contribution in [1.82, 2.24) is 14.9 Å². The van der Waals surface area contributed by atoms with Gasteiger partial charge in [0.15, 0.2) is 0 Å². The average Bonchev–Trinajstić information content (AvgIpc) is 2.60. The van der Waals surface area contributed by atoms with Crippen LogP contribution in [0.15, 0.2) is 30.6 Å². The summed E-state index contributed by atoms with van der Waals surface area (Å²) in [5, 5.41) is 3.44. The molecule has 25 heavy (non-hydrogen) atoms. The largest absolute Gasteiger partial charge is 0.367 e. The Morgan fingerprint density at radius 1 is 1.16 bits per heavy atom. The highest BCUT2D eigenvalue weighted by Gasteiger charge is 2.20. The van der Waals surface area contributed by atoms with Gasteiger partial charge in [0.05, 0.1) is 0 Å². The number of aromatic nitrogens is 2. The summed E-state index contributed by atoms with van der Waals surface area (Å²) in [5.41, 5.74) is 0.415. The van der Waals surface area contributed by atoms with Gasteiger partial charge in [0, 0.05) is 51.4 Å². The first-order chi connectivity index (χ1) is 12.0. The number of benzene rings is 1. The number of likely N-dealkylation sites (tertiary alicyclic amines) is 1. The Hall–Kier alpha value is -2.28. The van der Waals surface area contributed by atoms with Gasteiger partial charge in [-0.1, -0.05) is 0 Å². The molecule has 3 rings (SSSR count). The van der Waals surface area contributed by atoms with Crippen molar-refractivity contribution in [1.29, 1.82) is 0 Å². The predicted octanol–water partition coefficient (Wildman–Crippen LogP) is 2.90. The van der Waals surface area contributed by atoms with Crippen LogP contribution in [0.2, 0.25) is 0 Å². The van der Waals surface area contributed by atoms with E-state index >= 15 is 0 Å². The summed E-state index contributed by atoms with van der Waals surface area (Å²) in [4.78, 5) is 12.6. The van der Waals surface area contributed by atoms with Crippen LogP contribution in [0.3, 0.4) is 0 Å². The van der Waals surface area contributed by atoms with Crippen LogP contribution < -0.4 is 10.2 Å². The lowest BCUT2D eigenvalue weighted by atomic mass is 10.0. The van der Waals surface area contributed by atoms with Gasteiger partial charge >= 0.3 is 0 Å². The number of halogens is 2. The van der Waals surface area contributed by atoms with E-state index in [-0.39, 0.29) is 5.82 Å². The lowest BCUT2D eigenvalue weighted by Gasteiger charge is -2.32. The fourth-order valence-electron chi connectivity index (χ4n) is 3.02. The molecule has 1 aliphatic heterocycles. The standard InChI is InChI=1S/C18H23F2N5/c1-24(2)18-10-17(21-12-22-18)23-15-5-7-25(8-6-15)11-13-9-14(19)3-4-16(13)20/h3-4,9-10,12,15H,5-8,11H2,1-2H3,(H,21,22,23). The van der Waals surface area contributed by atoms with Crippen LogP contribution in [0.4, 0.5) is 20.4 Å². The molecular weight excluding hydrogens is 324 g/mol. The van der Waals surface area contributed by atoms with Crippen LogP contribution in [0.5, 0.6) is 0 Å². The van der Waals surface area contributed by atoms with E-state index < -0.39 is 5.82 Å². The summed E-state index contributed by atoms with van der Waals surface area (Å²) >= 11 is 0. The third-order valence-corrected chi connectivity index (χ3v) is 4.45. The molecule has 1 fully saturated rings. The van der Waals surface area contributed by atoms with Crippen LogP contribution >= 0.6 is 0 Å². The van der Waals surface area contributed by atoms with Gasteiger partial charge in [-0.05, 0) is 31.0 Å². The maximum atomic E-state index is 13.8. The Balaban J connectivity index is 1.53. The molecule has 2 heterocycles. The van der Waals surface area contributed by atoms with E-state index in [9.17, 15) is 8.78 Å². The zero-order valence-corrected chi connectivity index (χ0v) is 14.5. The summed E-state index contributed by atoms with van der Waals surface area (Å²) in [6, 6.07) is 5.87. The SMILES string of the molecule is CN(C)c1cc(NC2CCN(Cc3cc(F)ccc3F)CC2)ncn1. The molecule has 2 aromatic rings. The Kier molecular flexibility index (Phi) is 5.43. The van der Waals surface area contributed by atoms with Gasteiger partial charge in [0.1, 0.15) is 29.6 Å². The molecule has 1 aliphatic rings. The second kappa shape index (κ2) is 7.74. The number of anilines is 2. The van der Waals surface area contributed by atoms with E-state index in [4.69, 9.17) is 0 Å². The zero-order valence-electron chi connectivity index (χ0n) is 14.5. The molecule has 0 amide bonds. The molecule has 0 spiro atoms. The van der Waals surface area contributed by atoms with Gasteiger partial charge in [-0.25, -0.2) is 18.7 Å². The minimum Gasteiger partial charge on any atom is -0.367 e. The summed E-state index contributed by atoms with van der Waals surface area (Å²) in [5.74, 6) is 0.928. The molecule has 0 aliphatic carbocycles. The fourth-order valence-corrected chi connectivity index (χ4v) is 3.02. The van der Waals surface area contributed by atoms with Crippen molar-refractivity contribution in [3.63, 3.8) is 0 Å². The predicted molar refractivity (Wildman–Crippen MR) is 94.6 cm³/mol. The van der Waals surface area contributed by atoms with Gasteiger partial charge in [-0.2, -0.15) is 0 Å². The van der Waals surface area contributed by atoms with Gasteiger partial charge < -0.3 is 10.2 Å². The summed E-state index contributed by atoms with van der Waals surface area (Å²) in [6.45, 7) is 2.10. The van der Waals surface area contributed by atoms with E-state index in [0.29, 0.717) is 18.2 Å². The second-order valence-electron chi connectivity index (χ2n) is 6.59. The highest BCUT2D eigenvalue weighted by molar-refractivity contribution is 5.47. The van der Waals surface area contributed by atoms with Crippen LogP contribution in [0, 0.1) is 11.6 Å². The molecular formula is C18H23F2N5. The number of nitrogens with one attached hydrogen (secondary N) is 1. The third kappa shape index (κ3) is 4.63. The number of nitrogens with zero attached hydrogens (tertiary/aromatic N) is 4. The van der Waals surface area contributed by atoms with Crippen molar-refractivity contribution in [3.05, 3.63) is 47.8 Å². The van der Waals surface area contributed by atoms with Gasteiger partial charge in [-0.15, -0.1) is 0 Å². The smallest absolute Gasteiger partial charge is 0.133 e. The van der Waals surface area contributed by atoms with Crippen molar-refractivity contribution >= 4 is 11.6 Å². The van der Waals surface area contributed by atoms with E-state index in [0.717, 1.165) is 43.6 Å². The molecule has 7 heteroatoms. The topological polar surface area (TPSA) is 44.3 Å². The lowest BCUT2D eigenvalue weighted by molar-refractivity contribution is 0.208. The van der Waals surface area contributed by atoms with Crippen LogP contribution in [-0.2, 0) is 6.54 Å². The molecule has 0 radical (unpaired) electrons. The van der Waals surface area contributed by atoms with E-state index in [1.807, 2.05) is 25.1 Å². The summed E-state index contributed by atoms with van der Waals surface area (Å²) in [7, 11) is 3.88. The zero-order chi connectivity index (χ0) is 17.8. The highest BCUT2D eigenvalue weighted by Crippen LogP contribution is 2.20. The van der Waals surface area contributed by atoms with Crippen LogP contribution in [0.1, 0.15) is 18.4 Å². The summed E-state index contributed by atoms with van der Waals surface area (Å²) in [6.07, 6.45) is 3.41. The first-order valence-electron chi connectivity index (χ1n) is 8.43. The molecule has 134 valence electrons. The average molecular weight is 347 g/mol. The quantitative estimate of drug-likeness (QED) is 0.901. The maximum Gasteiger partial charge on any atom is 0.133 e. The molecule has 1 saturated heterocycles. The van der Waals surface area contributed by atoms with E-state index in [2.05, 4.69) is 20.2 Å². The maximum absolute atomic E-state index is 13.8. The lowest BCUT2D eigenvalue weighted by Crippen LogP contribution is -2.39. The van der Waals surface area contributed by atoms with Crippen molar-refractivity contribution in [3.8, 4) is 0 Å². The Morgan fingerprint density at radius 3 is 2.64 bits per heavy atom. The Bertz CT molecular complexity index is 714. The normalized spacial score (nSPS) is 16.0. The van der Waals surface area contributed by atoms with E-state index in [1.165, 1.54) is 12.1 Å².